The Morgan fingerprint density at radius 3 is 2.48 bits per heavy atom. The van der Waals surface area contributed by atoms with Crippen LogP contribution in [0.3, 0.4) is 0 Å². The van der Waals surface area contributed by atoms with Gasteiger partial charge in [-0.3, -0.25) is 4.90 Å². The van der Waals surface area contributed by atoms with Crippen LogP contribution in [0.4, 0.5) is 0 Å². The molecule has 0 spiro atoms. The van der Waals surface area contributed by atoms with E-state index >= 15 is 0 Å². The van der Waals surface area contributed by atoms with Gasteiger partial charge in [-0.25, -0.2) is 0 Å². The molecule has 1 N–H and O–H groups in total. The van der Waals surface area contributed by atoms with Gasteiger partial charge in [0.1, 0.15) is 0 Å². The molecule has 134 valence electrons. The molecule has 0 amide bonds. The summed E-state index contributed by atoms with van der Waals surface area (Å²) in [7, 11) is 2.27. The van der Waals surface area contributed by atoms with Gasteiger partial charge in [-0.2, -0.15) is 0 Å². The van der Waals surface area contributed by atoms with Crippen molar-refractivity contribution in [2.24, 2.45) is 5.92 Å². The van der Waals surface area contributed by atoms with Crippen molar-refractivity contribution in [2.45, 2.75) is 70.0 Å². The summed E-state index contributed by atoms with van der Waals surface area (Å²) in [6, 6.07) is 1.37. The Hall–Kier alpha value is -0.160. The van der Waals surface area contributed by atoms with Gasteiger partial charge >= 0.3 is 0 Å². The van der Waals surface area contributed by atoms with Crippen molar-refractivity contribution in [1.82, 2.24) is 15.1 Å². The second-order valence-electron chi connectivity index (χ2n) is 8.37. The van der Waals surface area contributed by atoms with E-state index in [4.69, 9.17) is 4.74 Å². The Morgan fingerprint density at radius 1 is 1.09 bits per heavy atom. The Morgan fingerprint density at radius 2 is 1.78 bits per heavy atom. The largest absolute Gasteiger partial charge is 0.381 e. The number of hydrogen-bond acceptors (Lipinski definition) is 4. The number of nitrogens with zero attached hydrogens (tertiary/aromatic N) is 2. The summed E-state index contributed by atoms with van der Waals surface area (Å²) in [5.74, 6) is 0.745. The Bertz CT molecular complexity index is 364. The highest BCUT2D eigenvalue weighted by atomic mass is 16.5. The Labute approximate surface area is 142 Å². The summed E-state index contributed by atoms with van der Waals surface area (Å²) < 4.78 is 5.70. The molecule has 3 fully saturated rings. The molecule has 3 rings (SSSR count). The first-order valence-electron chi connectivity index (χ1n) is 9.87. The van der Waals surface area contributed by atoms with Gasteiger partial charge in [0.25, 0.3) is 0 Å². The molecule has 23 heavy (non-hydrogen) atoms. The SMILES string of the molecule is C[C@@H]1CN(C)[C@@H](C)C[C@H]1NCC1(N2CCCCC2)CCOCC1. The van der Waals surface area contributed by atoms with Crippen LogP contribution in [0.1, 0.15) is 52.4 Å². The number of rotatable bonds is 4. The van der Waals surface area contributed by atoms with E-state index in [2.05, 4.69) is 36.0 Å². The number of ether oxygens (including phenoxy) is 1. The minimum atomic E-state index is 0.352. The van der Waals surface area contributed by atoms with E-state index in [-0.39, 0.29) is 0 Å². The van der Waals surface area contributed by atoms with Crippen LogP contribution in [-0.2, 0) is 4.74 Å². The van der Waals surface area contributed by atoms with Crippen LogP contribution in [-0.4, -0.2) is 73.9 Å². The van der Waals surface area contributed by atoms with E-state index in [9.17, 15) is 0 Å². The molecule has 0 radical (unpaired) electrons. The summed E-state index contributed by atoms with van der Waals surface area (Å²) >= 11 is 0. The van der Waals surface area contributed by atoms with Crippen molar-refractivity contribution >= 4 is 0 Å². The van der Waals surface area contributed by atoms with Gasteiger partial charge in [0.05, 0.1) is 0 Å². The van der Waals surface area contributed by atoms with Crippen LogP contribution >= 0.6 is 0 Å². The Kier molecular flexibility index (Phi) is 6.00. The maximum absolute atomic E-state index is 5.70. The number of piperidine rings is 2. The molecular formula is C19H37N3O. The average Bonchev–Trinajstić information content (AvgIpc) is 2.58. The zero-order valence-corrected chi connectivity index (χ0v) is 15.5. The predicted molar refractivity (Wildman–Crippen MR) is 95.9 cm³/mol. The third kappa shape index (κ3) is 4.09. The van der Waals surface area contributed by atoms with Crippen LogP contribution in [0, 0.1) is 5.92 Å². The molecule has 4 heteroatoms. The van der Waals surface area contributed by atoms with Crippen molar-refractivity contribution in [1.29, 1.82) is 0 Å². The Balaban J connectivity index is 1.62. The summed E-state index contributed by atoms with van der Waals surface area (Å²) in [6.07, 6.45) is 7.87. The fraction of sp³-hybridized carbons (Fsp3) is 1.00. The first-order chi connectivity index (χ1) is 11.1. The molecule has 0 aromatic heterocycles. The smallest absolute Gasteiger partial charge is 0.0484 e. The van der Waals surface area contributed by atoms with Crippen molar-refractivity contribution in [3.8, 4) is 0 Å². The molecule has 3 saturated heterocycles. The van der Waals surface area contributed by atoms with E-state index < -0.39 is 0 Å². The van der Waals surface area contributed by atoms with E-state index in [1.54, 1.807) is 0 Å². The van der Waals surface area contributed by atoms with Crippen LogP contribution in [0.2, 0.25) is 0 Å². The molecule has 0 unspecified atom stereocenters. The molecule has 0 aliphatic carbocycles. The second-order valence-corrected chi connectivity index (χ2v) is 8.37. The predicted octanol–water partition coefficient (Wildman–Crippen LogP) is 2.34. The van der Waals surface area contributed by atoms with Crippen molar-refractivity contribution in [3.63, 3.8) is 0 Å². The first-order valence-corrected chi connectivity index (χ1v) is 9.87. The number of hydrogen-bond donors (Lipinski definition) is 1. The van der Waals surface area contributed by atoms with Crippen LogP contribution in [0.25, 0.3) is 0 Å². The molecule has 3 atom stereocenters. The maximum atomic E-state index is 5.70. The zero-order chi connectivity index (χ0) is 16.3. The number of likely N-dealkylation sites (tertiary alicyclic amines) is 2. The lowest BCUT2D eigenvalue weighted by Crippen LogP contribution is -2.61. The van der Waals surface area contributed by atoms with Gasteiger partial charge in [-0.1, -0.05) is 13.3 Å². The molecule has 0 aromatic carbocycles. The number of nitrogens with one attached hydrogen (secondary N) is 1. The molecule has 0 bridgehead atoms. The summed E-state index contributed by atoms with van der Waals surface area (Å²) in [5.41, 5.74) is 0.352. The van der Waals surface area contributed by atoms with E-state index in [0.29, 0.717) is 17.6 Å². The van der Waals surface area contributed by atoms with Gasteiger partial charge in [-0.15, -0.1) is 0 Å². The summed E-state index contributed by atoms with van der Waals surface area (Å²) in [4.78, 5) is 5.31. The highest BCUT2D eigenvalue weighted by Crippen LogP contribution is 2.31. The monoisotopic (exact) mass is 323 g/mol. The topological polar surface area (TPSA) is 27.7 Å². The molecular weight excluding hydrogens is 286 g/mol. The third-order valence-electron chi connectivity index (χ3n) is 6.75. The lowest BCUT2D eigenvalue weighted by molar-refractivity contribution is -0.0390. The standard InChI is InChI=1S/C19H37N3O/c1-16-14-21(3)17(2)13-18(16)20-15-19(7-11-23-12-8-19)22-9-5-4-6-10-22/h16-18,20H,4-15H2,1-3H3/t16-,17+,18-/m1/s1. The minimum Gasteiger partial charge on any atom is -0.381 e. The molecule has 0 saturated carbocycles. The fourth-order valence-electron chi connectivity index (χ4n) is 4.87. The highest BCUT2D eigenvalue weighted by Gasteiger charge is 2.40. The lowest BCUT2D eigenvalue weighted by atomic mass is 9.84. The maximum Gasteiger partial charge on any atom is 0.0484 e. The van der Waals surface area contributed by atoms with Crippen LogP contribution < -0.4 is 5.32 Å². The molecule has 4 nitrogen and oxygen atoms in total. The quantitative estimate of drug-likeness (QED) is 0.859. The van der Waals surface area contributed by atoms with Gasteiger partial charge in [0.15, 0.2) is 0 Å². The van der Waals surface area contributed by atoms with Gasteiger partial charge in [0, 0.05) is 43.9 Å². The molecule has 3 heterocycles. The highest BCUT2D eigenvalue weighted by molar-refractivity contribution is 4.97. The first kappa shape index (κ1) is 17.7. The van der Waals surface area contributed by atoms with Crippen LogP contribution in [0.15, 0.2) is 0 Å². The lowest BCUT2D eigenvalue weighted by Gasteiger charge is -2.50. The van der Waals surface area contributed by atoms with Gasteiger partial charge < -0.3 is 15.0 Å². The molecule has 3 aliphatic heterocycles. The second kappa shape index (κ2) is 7.81. The third-order valence-corrected chi connectivity index (χ3v) is 6.75. The minimum absolute atomic E-state index is 0.352. The van der Waals surface area contributed by atoms with E-state index in [1.807, 2.05) is 0 Å². The van der Waals surface area contributed by atoms with Crippen molar-refractivity contribution < 1.29 is 4.74 Å². The van der Waals surface area contributed by atoms with Crippen molar-refractivity contribution in [2.75, 3.05) is 46.4 Å². The average molecular weight is 324 g/mol. The molecule has 0 aromatic rings. The zero-order valence-electron chi connectivity index (χ0n) is 15.5. The van der Waals surface area contributed by atoms with Gasteiger partial charge in [0.2, 0.25) is 0 Å². The van der Waals surface area contributed by atoms with E-state index in [0.717, 1.165) is 25.7 Å². The van der Waals surface area contributed by atoms with Crippen molar-refractivity contribution in [3.05, 3.63) is 0 Å². The fourth-order valence-corrected chi connectivity index (χ4v) is 4.87. The van der Waals surface area contributed by atoms with Crippen LogP contribution in [0.5, 0.6) is 0 Å². The summed E-state index contributed by atoms with van der Waals surface area (Å²) in [5, 5.41) is 4.01. The normalized spacial score (nSPS) is 36.9. The van der Waals surface area contributed by atoms with E-state index in [1.165, 1.54) is 58.2 Å². The summed E-state index contributed by atoms with van der Waals surface area (Å²) in [6.45, 7) is 11.6. The van der Waals surface area contributed by atoms with Gasteiger partial charge in [-0.05, 0) is 65.1 Å². The molecule has 3 aliphatic rings.